The van der Waals surface area contributed by atoms with Crippen molar-refractivity contribution in [1.29, 1.82) is 0 Å². The van der Waals surface area contributed by atoms with E-state index in [1.54, 1.807) is 0 Å². The molecule has 214 valence electrons. The molecule has 0 aromatic carbocycles. The first-order chi connectivity index (χ1) is 17.7. The topological polar surface area (TPSA) is 136 Å². The minimum atomic E-state index is -0.410. The van der Waals surface area contributed by atoms with Gasteiger partial charge in [-0.05, 0) is 0 Å². The summed E-state index contributed by atoms with van der Waals surface area (Å²) in [5, 5.41) is 0. The van der Waals surface area contributed by atoms with Crippen molar-refractivity contribution in [3.05, 3.63) is 0 Å². The van der Waals surface area contributed by atoms with Gasteiger partial charge in [-0.1, -0.05) is 0 Å². The van der Waals surface area contributed by atoms with Gasteiger partial charge in [-0.15, -0.1) is 0 Å². The van der Waals surface area contributed by atoms with Crippen LogP contribution in [-0.2, 0) is 61.7 Å². The molecule has 13 heteroatoms. The first kappa shape index (κ1) is 34.6. The Bertz CT molecular complexity index is 479. The molecule has 36 heavy (non-hydrogen) atoms. The molecule has 0 fully saturated rings. The Morgan fingerprint density at radius 2 is 0.667 bits per heavy atom. The summed E-state index contributed by atoms with van der Waals surface area (Å²) in [6.07, 6.45) is 0. The van der Waals surface area contributed by atoms with Crippen LogP contribution in [0.15, 0.2) is 0 Å². The van der Waals surface area contributed by atoms with Crippen molar-refractivity contribution in [2.24, 2.45) is 0 Å². The summed E-state index contributed by atoms with van der Waals surface area (Å²) < 4.78 is 57.1. The van der Waals surface area contributed by atoms with Gasteiger partial charge in [0.25, 0.3) is 0 Å². The van der Waals surface area contributed by atoms with Crippen LogP contribution >= 0.6 is 0 Å². The molecule has 0 saturated carbocycles. The van der Waals surface area contributed by atoms with Crippen molar-refractivity contribution in [3.63, 3.8) is 0 Å². The van der Waals surface area contributed by atoms with Gasteiger partial charge in [0.1, 0.15) is 13.2 Å². The molecule has 0 atom stereocenters. The van der Waals surface area contributed by atoms with Gasteiger partial charge in [0.15, 0.2) is 0 Å². The van der Waals surface area contributed by atoms with E-state index >= 15 is 0 Å². The molecule has 0 aromatic rings. The van der Waals surface area contributed by atoms with Crippen LogP contribution in [0, 0.1) is 0 Å². The number of methoxy groups -OCH3 is 1. The minimum Gasteiger partial charge on any atom is -0.467 e. The average molecular weight is 529 g/mol. The predicted octanol–water partition coefficient (Wildman–Crippen LogP) is -0.128. The Hall–Kier alpha value is -1.42. The Morgan fingerprint density at radius 1 is 0.417 bits per heavy atom. The van der Waals surface area contributed by atoms with E-state index in [2.05, 4.69) is 4.74 Å². The molecule has 0 aromatic heterocycles. The number of ether oxygens (including phenoxy) is 11. The van der Waals surface area contributed by atoms with Crippen molar-refractivity contribution in [2.45, 2.75) is 6.92 Å². The van der Waals surface area contributed by atoms with Gasteiger partial charge in [-0.3, -0.25) is 4.79 Å². The van der Waals surface area contributed by atoms with Crippen LogP contribution in [-0.4, -0.2) is 145 Å². The van der Waals surface area contributed by atoms with E-state index in [4.69, 9.17) is 47.4 Å². The average Bonchev–Trinajstić information content (AvgIpc) is 2.87. The molecule has 0 aliphatic rings. The molecule has 0 saturated heterocycles. The molecule has 0 bridgehead atoms. The second-order valence-electron chi connectivity index (χ2n) is 6.87. The van der Waals surface area contributed by atoms with Crippen molar-refractivity contribution < 1.29 is 61.7 Å². The smallest absolute Gasteiger partial charge is 0.331 e. The maximum absolute atomic E-state index is 10.8. The summed E-state index contributed by atoms with van der Waals surface area (Å²) in [6.45, 7) is 9.25. The molecule has 13 nitrogen and oxygen atoms in total. The SMILES string of the molecule is COC(=O)COCCOCCOCCOCCOCCOCCOCCOCCOCCOC(C)=O. The lowest BCUT2D eigenvalue weighted by Gasteiger charge is -2.09. The van der Waals surface area contributed by atoms with Gasteiger partial charge in [0.2, 0.25) is 0 Å². The number of rotatable bonds is 29. The summed E-state index contributed by atoms with van der Waals surface area (Å²) in [5.74, 6) is -0.724. The van der Waals surface area contributed by atoms with Gasteiger partial charge in [-0.25, -0.2) is 4.79 Å². The van der Waals surface area contributed by atoms with E-state index in [1.165, 1.54) is 14.0 Å². The highest BCUT2D eigenvalue weighted by molar-refractivity contribution is 5.70. The van der Waals surface area contributed by atoms with E-state index in [0.717, 1.165) is 0 Å². The molecule has 0 aliphatic heterocycles. The highest BCUT2D eigenvalue weighted by Crippen LogP contribution is 1.87. The lowest BCUT2D eigenvalue weighted by atomic mass is 10.6. The van der Waals surface area contributed by atoms with Gasteiger partial charge in [0, 0.05) is 6.92 Å². The lowest BCUT2D eigenvalue weighted by Crippen LogP contribution is -2.16. The van der Waals surface area contributed by atoms with E-state index in [9.17, 15) is 9.59 Å². The maximum atomic E-state index is 10.8. The standard InChI is InChI=1S/C23H44O13/c1-22(24)36-20-19-34-16-15-32-12-11-30-8-7-28-4-3-27-5-6-29-9-10-31-13-14-33-17-18-35-21-23(25)26-2/h3-21H2,1-2H3. The number of hydrogen-bond acceptors (Lipinski definition) is 13. The van der Waals surface area contributed by atoms with Crippen molar-refractivity contribution in [2.75, 3.05) is 133 Å². The number of carbonyl (C=O) groups excluding carboxylic acids is 2. The second kappa shape index (κ2) is 29.8. The normalized spacial score (nSPS) is 11.1. The number of hydrogen-bond donors (Lipinski definition) is 0. The van der Waals surface area contributed by atoms with E-state index < -0.39 is 5.97 Å². The second-order valence-corrected chi connectivity index (χ2v) is 6.87. The third-order valence-electron chi connectivity index (χ3n) is 3.96. The van der Waals surface area contributed by atoms with Crippen LogP contribution in [0.25, 0.3) is 0 Å². The molecule has 0 aliphatic carbocycles. The third kappa shape index (κ3) is 30.6. The molecule has 0 unspecified atom stereocenters. The third-order valence-corrected chi connectivity index (χ3v) is 3.96. The van der Waals surface area contributed by atoms with Gasteiger partial charge >= 0.3 is 11.9 Å². The maximum Gasteiger partial charge on any atom is 0.331 e. The van der Waals surface area contributed by atoms with E-state index in [-0.39, 0.29) is 19.2 Å². The molecule has 0 spiro atoms. The zero-order chi connectivity index (χ0) is 26.4. The molecular formula is C23H44O13. The van der Waals surface area contributed by atoms with Crippen molar-refractivity contribution in [1.82, 2.24) is 0 Å². The fraction of sp³-hybridized carbons (Fsp3) is 0.913. The molecule has 0 N–H and O–H groups in total. The van der Waals surface area contributed by atoms with Gasteiger partial charge in [-0.2, -0.15) is 0 Å². The molecule has 0 rings (SSSR count). The molecule has 0 heterocycles. The van der Waals surface area contributed by atoms with Crippen LogP contribution in [0.5, 0.6) is 0 Å². The Kier molecular flexibility index (Phi) is 28.6. The predicted molar refractivity (Wildman–Crippen MR) is 126 cm³/mol. The van der Waals surface area contributed by atoms with Crippen LogP contribution in [0.3, 0.4) is 0 Å². The minimum absolute atomic E-state index is 0.0717. The van der Waals surface area contributed by atoms with Gasteiger partial charge < -0.3 is 52.1 Å². The first-order valence-electron chi connectivity index (χ1n) is 12.1. The summed E-state index contributed by atoms with van der Waals surface area (Å²) in [4.78, 5) is 21.4. The quantitative estimate of drug-likeness (QED) is 0.0943. The summed E-state index contributed by atoms with van der Waals surface area (Å²) in [7, 11) is 1.31. The molecular weight excluding hydrogens is 484 g/mol. The van der Waals surface area contributed by atoms with Crippen molar-refractivity contribution >= 4 is 11.9 Å². The first-order valence-corrected chi connectivity index (χ1v) is 12.1. The van der Waals surface area contributed by atoms with Crippen molar-refractivity contribution in [3.8, 4) is 0 Å². The van der Waals surface area contributed by atoms with Crippen LogP contribution < -0.4 is 0 Å². The van der Waals surface area contributed by atoms with Crippen LogP contribution in [0.4, 0.5) is 0 Å². The monoisotopic (exact) mass is 528 g/mol. The summed E-state index contributed by atoms with van der Waals surface area (Å²) in [6, 6.07) is 0. The largest absolute Gasteiger partial charge is 0.467 e. The zero-order valence-corrected chi connectivity index (χ0v) is 21.7. The fourth-order valence-corrected chi connectivity index (χ4v) is 2.22. The number of esters is 2. The summed E-state index contributed by atoms with van der Waals surface area (Å²) >= 11 is 0. The summed E-state index contributed by atoms with van der Waals surface area (Å²) in [5.41, 5.74) is 0. The Morgan fingerprint density at radius 3 is 0.917 bits per heavy atom. The van der Waals surface area contributed by atoms with Crippen LogP contribution in [0.1, 0.15) is 6.92 Å². The number of carbonyl (C=O) groups is 2. The molecule has 0 radical (unpaired) electrons. The van der Waals surface area contributed by atoms with Gasteiger partial charge in [0.05, 0.1) is 119 Å². The lowest BCUT2D eigenvalue weighted by molar-refractivity contribution is -0.146. The Labute approximate surface area is 213 Å². The zero-order valence-electron chi connectivity index (χ0n) is 21.7. The van der Waals surface area contributed by atoms with Crippen LogP contribution in [0.2, 0.25) is 0 Å². The van der Waals surface area contributed by atoms with E-state index in [1.807, 2.05) is 0 Å². The molecule has 0 amide bonds. The van der Waals surface area contributed by atoms with E-state index in [0.29, 0.717) is 112 Å². The Balaban J connectivity index is 3.04. The highest BCUT2D eigenvalue weighted by atomic mass is 16.6. The highest BCUT2D eigenvalue weighted by Gasteiger charge is 1.99. The fourth-order valence-electron chi connectivity index (χ4n) is 2.22.